The van der Waals surface area contributed by atoms with Gasteiger partial charge in [0.25, 0.3) is 0 Å². The average Bonchev–Trinajstić information content (AvgIpc) is 3.11. The Balaban J connectivity index is 1.78. The van der Waals surface area contributed by atoms with Gasteiger partial charge in [-0.25, -0.2) is 0 Å². The van der Waals surface area contributed by atoms with Crippen LogP contribution in [0.4, 0.5) is 0 Å². The van der Waals surface area contributed by atoms with Crippen LogP contribution in [0, 0.1) is 17.2 Å². The minimum atomic E-state index is -0.432. The first kappa shape index (κ1) is 18.9. The lowest BCUT2D eigenvalue weighted by Crippen LogP contribution is -2.30. The number of ketones is 1. The zero-order valence-corrected chi connectivity index (χ0v) is 16.7. The van der Waals surface area contributed by atoms with E-state index < -0.39 is 5.41 Å². The van der Waals surface area contributed by atoms with Crippen LogP contribution in [-0.4, -0.2) is 23.7 Å². The highest BCUT2D eigenvalue weighted by Crippen LogP contribution is 2.44. The molecule has 5 nitrogen and oxygen atoms in total. The number of carbonyl (C=O) groups excluding carboxylic acids is 2. The Hall–Kier alpha value is -3.39. The van der Waals surface area contributed by atoms with Gasteiger partial charge in [0.1, 0.15) is 12.0 Å². The van der Waals surface area contributed by atoms with Crippen LogP contribution in [0.5, 0.6) is 5.75 Å². The predicted molar refractivity (Wildman–Crippen MR) is 110 cm³/mol. The van der Waals surface area contributed by atoms with Gasteiger partial charge < -0.3 is 14.5 Å². The molecule has 146 valence electrons. The van der Waals surface area contributed by atoms with Gasteiger partial charge in [0.05, 0.1) is 23.8 Å². The topological polar surface area (TPSA) is 82.9 Å². The van der Waals surface area contributed by atoms with Crippen molar-refractivity contribution in [1.29, 1.82) is 5.26 Å². The molecule has 4 rings (SSSR count). The highest BCUT2D eigenvalue weighted by atomic mass is 16.5. The maximum absolute atomic E-state index is 13.3. The average molecular weight is 386 g/mol. The normalized spacial score (nSPS) is 15.3. The molecule has 2 aromatic carbocycles. The van der Waals surface area contributed by atoms with E-state index in [1.165, 1.54) is 0 Å². The standard InChI is InChI=1S/C24H22N2O3/c1-14(8-9-27)13-29-16-5-7-17-19(11-16)24(2,3)23-21(22(17)28)18-6-4-15(12-25)10-20(18)26-23/h4-7,9-11,14,26H,8,13H2,1-3H3. The Bertz CT molecular complexity index is 1180. The van der Waals surface area contributed by atoms with Crippen molar-refractivity contribution < 1.29 is 14.3 Å². The lowest BCUT2D eigenvalue weighted by molar-refractivity contribution is -0.108. The van der Waals surface area contributed by atoms with Crippen LogP contribution in [-0.2, 0) is 10.2 Å². The van der Waals surface area contributed by atoms with Gasteiger partial charge in [-0.15, -0.1) is 0 Å². The highest BCUT2D eigenvalue weighted by molar-refractivity contribution is 6.20. The van der Waals surface area contributed by atoms with E-state index in [-0.39, 0.29) is 11.7 Å². The smallest absolute Gasteiger partial charge is 0.195 e. The van der Waals surface area contributed by atoms with E-state index in [0.717, 1.165) is 28.4 Å². The van der Waals surface area contributed by atoms with Crippen LogP contribution in [0.1, 0.15) is 59.9 Å². The van der Waals surface area contributed by atoms with Gasteiger partial charge in [0.15, 0.2) is 5.78 Å². The van der Waals surface area contributed by atoms with Crippen molar-refractivity contribution >= 4 is 23.0 Å². The largest absolute Gasteiger partial charge is 0.493 e. The van der Waals surface area contributed by atoms with Gasteiger partial charge in [0, 0.05) is 34.0 Å². The number of aldehydes is 1. The van der Waals surface area contributed by atoms with Crippen molar-refractivity contribution in [1.82, 2.24) is 4.98 Å². The molecule has 1 atom stereocenters. The molecule has 0 aliphatic heterocycles. The quantitative estimate of drug-likeness (QED) is 0.654. The van der Waals surface area contributed by atoms with E-state index in [1.807, 2.05) is 31.2 Å². The molecular weight excluding hydrogens is 364 g/mol. The van der Waals surface area contributed by atoms with Crippen LogP contribution in [0.3, 0.4) is 0 Å². The number of aromatic amines is 1. The molecule has 1 N–H and O–H groups in total. The first-order chi connectivity index (χ1) is 13.9. The second-order valence-electron chi connectivity index (χ2n) is 8.23. The van der Waals surface area contributed by atoms with E-state index in [4.69, 9.17) is 4.74 Å². The first-order valence-electron chi connectivity index (χ1n) is 9.68. The van der Waals surface area contributed by atoms with Gasteiger partial charge in [-0.2, -0.15) is 5.26 Å². The summed E-state index contributed by atoms with van der Waals surface area (Å²) >= 11 is 0. The Morgan fingerprint density at radius 1 is 1.24 bits per heavy atom. The summed E-state index contributed by atoms with van der Waals surface area (Å²) in [4.78, 5) is 27.4. The van der Waals surface area contributed by atoms with Crippen LogP contribution in [0.2, 0.25) is 0 Å². The molecule has 0 amide bonds. The lowest BCUT2D eigenvalue weighted by atomic mass is 9.71. The number of benzene rings is 2. The van der Waals surface area contributed by atoms with Gasteiger partial charge >= 0.3 is 0 Å². The second kappa shape index (κ2) is 6.89. The van der Waals surface area contributed by atoms with Crippen molar-refractivity contribution in [3.63, 3.8) is 0 Å². The molecule has 0 bridgehead atoms. The van der Waals surface area contributed by atoms with Crippen molar-refractivity contribution in [3.8, 4) is 11.8 Å². The van der Waals surface area contributed by atoms with Crippen molar-refractivity contribution in [3.05, 3.63) is 64.3 Å². The number of hydrogen-bond acceptors (Lipinski definition) is 4. The van der Waals surface area contributed by atoms with Gasteiger partial charge in [-0.3, -0.25) is 4.79 Å². The number of H-pyrrole nitrogens is 1. The van der Waals surface area contributed by atoms with E-state index >= 15 is 0 Å². The molecule has 1 heterocycles. The van der Waals surface area contributed by atoms with Crippen molar-refractivity contribution in [2.24, 2.45) is 5.92 Å². The van der Waals surface area contributed by atoms with Gasteiger partial charge in [0.2, 0.25) is 0 Å². The van der Waals surface area contributed by atoms with Crippen LogP contribution in [0.25, 0.3) is 10.9 Å². The highest BCUT2D eigenvalue weighted by Gasteiger charge is 2.39. The minimum absolute atomic E-state index is 0.0221. The fraction of sp³-hybridized carbons (Fsp3) is 0.292. The zero-order valence-electron chi connectivity index (χ0n) is 16.7. The molecule has 29 heavy (non-hydrogen) atoms. The molecule has 0 fully saturated rings. The number of nitriles is 1. The SMILES string of the molecule is CC(CC=O)COc1ccc2c(c1)C(C)(C)c1[nH]c3cc(C#N)ccc3c1C2=O. The number of aromatic nitrogens is 1. The second-order valence-corrected chi connectivity index (χ2v) is 8.23. The molecule has 1 aliphatic rings. The third-order valence-electron chi connectivity index (χ3n) is 5.72. The Labute approximate surface area is 169 Å². The van der Waals surface area contributed by atoms with E-state index in [9.17, 15) is 14.9 Å². The Kier molecular flexibility index (Phi) is 4.50. The molecule has 1 unspecified atom stereocenters. The summed E-state index contributed by atoms with van der Waals surface area (Å²) in [6.07, 6.45) is 1.36. The van der Waals surface area contributed by atoms with E-state index in [2.05, 4.69) is 24.9 Å². The number of rotatable bonds is 5. The number of fused-ring (bicyclic) bond motifs is 4. The van der Waals surface area contributed by atoms with E-state index in [1.54, 1.807) is 12.1 Å². The maximum Gasteiger partial charge on any atom is 0.195 e. The van der Waals surface area contributed by atoms with Gasteiger partial charge in [-0.05, 0) is 41.8 Å². The first-order valence-corrected chi connectivity index (χ1v) is 9.68. The molecule has 1 aromatic heterocycles. The molecule has 5 heteroatoms. The molecule has 0 saturated heterocycles. The number of nitrogens with zero attached hydrogens (tertiary/aromatic N) is 1. The van der Waals surface area contributed by atoms with Crippen LogP contribution in [0.15, 0.2) is 36.4 Å². The lowest BCUT2D eigenvalue weighted by Gasteiger charge is -2.32. The molecular formula is C24H22N2O3. The fourth-order valence-electron chi connectivity index (χ4n) is 4.04. The summed E-state index contributed by atoms with van der Waals surface area (Å²) in [7, 11) is 0. The summed E-state index contributed by atoms with van der Waals surface area (Å²) in [6, 6.07) is 13.1. The van der Waals surface area contributed by atoms with Crippen LogP contribution >= 0.6 is 0 Å². The number of carbonyl (C=O) groups is 2. The molecule has 0 saturated carbocycles. The number of nitrogens with one attached hydrogen (secondary N) is 1. The van der Waals surface area contributed by atoms with E-state index in [0.29, 0.717) is 35.5 Å². The van der Waals surface area contributed by atoms with Crippen molar-refractivity contribution in [2.45, 2.75) is 32.6 Å². The number of hydrogen-bond donors (Lipinski definition) is 1. The number of ether oxygens (including phenoxy) is 1. The summed E-state index contributed by atoms with van der Waals surface area (Å²) in [6.45, 7) is 6.57. The maximum atomic E-state index is 13.3. The molecule has 3 aromatic rings. The summed E-state index contributed by atoms with van der Waals surface area (Å²) < 4.78 is 5.88. The third kappa shape index (κ3) is 3.01. The Morgan fingerprint density at radius 3 is 2.76 bits per heavy atom. The summed E-state index contributed by atoms with van der Waals surface area (Å²) in [5, 5.41) is 10.0. The van der Waals surface area contributed by atoms with Crippen LogP contribution < -0.4 is 4.74 Å². The molecule has 0 radical (unpaired) electrons. The molecule has 0 spiro atoms. The Morgan fingerprint density at radius 2 is 2.03 bits per heavy atom. The summed E-state index contributed by atoms with van der Waals surface area (Å²) in [5.41, 5.74) is 4.02. The zero-order chi connectivity index (χ0) is 20.8. The predicted octanol–water partition coefficient (Wildman–Crippen LogP) is 4.51. The van der Waals surface area contributed by atoms with Gasteiger partial charge in [-0.1, -0.05) is 26.8 Å². The molecule has 1 aliphatic carbocycles. The third-order valence-corrected chi connectivity index (χ3v) is 5.72. The minimum Gasteiger partial charge on any atom is -0.493 e. The summed E-state index contributed by atoms with van der Waals surface area (Å²) in [5.74, 6) is 0.799. The fourth-order valence-corrected chi connectivity index (χ4v) is 4.04. The van der Waals surface area contributed by atoms with Crippen molar-refractivity contribution in [2.75, 3.05) is 6.61 Å². The monoisotopic (exact) mass is 386 g/mol.